The normalized spacial score (nSPS) is 9.85. The molecule has 0 heterocycles. The lowest BCUT2D eigenvalue weighted by atomic mass is 10.1. The van der Waals surface area contributed by atoms with Crippen molar-refractivity contribution in [3.05, 3.63) is 55.3 Å². The summed E-state index contributed by atoms with van der Waals surface area (Å²) in [4.78, 5) is 0. The van der Waals surface area contributed by atoms with Gasteiger partial charge in [0.05, 0.1) is 6.26 Å². The molecule has 0 bridgehead atoms. The van der Waals surface area contributed by atoms with Crippen molar-refractivity contribution in [2.75, 3.05) is 0 Å². The van der Waals surface area contributed by atoms with Gasteiger partial charge in [0.1, 0.15) is 5.75 Å². The molecule has 2 rings (SSSR count). The fraction of sp³-hybridized carbons (Fsp3) is 0. The summed E-state index contributed by atoms with van der Waals surface area (Å²) >= 11 is 0. The molecule has 0 aliphatic rings. The molecule has 1 heteroatoms. The molecule has 0 aromatic heterocycles. The van der Waals surface area contributed by atoms with Crippen molar-refractivity contribution >= 4 is 10.8 Å². The van der Waals surface area contributed by atoms with E-state index in [-0.39, 0.29) is 0 Å². The van der Waals surface area contributed by atoms with Crippen LogP contribution in [0.4, 0.5) is 0 Å². The number of hydrogen-bond donors (Lipinski definition) is 0. The van der Waals surface area contributed by atoms with Crippen LogP contribution >= 0.6 is 0 Å². The van der Waals surface area contributed by atoms with Crippen LogP contribution in [-0.4, -0.2) is 0 Å². The first-order valence-corrected chi connectivity index (χ1v) is 4.09. The highest BCUT2D eigenvalue weighted by Gasteiger charge is 1.98. The summed E-state index contributed by atoms with van der Waals surface area (Å²) in [6.07, 6.45) is 1.43. The van der Waals surface area contributed by atoms with Crippen molar-refractivity contribution in [1.29, 1.82) is 0 Å². The fourth-order valence-electron chi connectivity index (χ4n) is 1.32. The van der Waals surface area contributed by atoms with Gasteiger partial charge in [-0.15, -0.1) is 0 Å². The van der Waals surface area contributed by atoms with E-state index in [2.05, 4.69) is 12.6 Å². The Morgan fingerprint density at radius 2 is 2.15 bits per heavy atom. The number of fused-ring (bicyclic) bond motifs is 1. The molecule has 1 nitrogen and oxygen atoms in total. The lowest BCUT2D eigenvalue weighted by Gasteiger charge is -2.03. The van der Waals surface area contributed by atoms with Gasteiger partial charge in [-0.05, 0) is 17.5 Å². The molecule has 0 aliphatic heterocycles. The molecule has 13 heavy (non-hydrogen) atoms. The Bertz CT molecular complexity index is 427. The Morgan fingerprint density at radius 1 is 1.23 bits per heavy atom. The lowest BCUT2D eigenvalue weighted by molar-refractivity contribution is 0.489. The van der Waals surface area contributed by atoms with E-state index < -0.39 is 0 Å². The van der Waals surface area contributed by atoms with E-state index in [0.717, 1.165) is 16.5 Å². The van der Waals surface area contributed by atoms with Crippen molar-refractivity contribution in [2.24, 2.45) is 0 Å². The smallest absolute Gasteiger partial charge is 0.134 e. The van der Waals surface area contributed by atoms with Gasteiger partial charge in [-0.2, -0.15) is 0 Å². The minimum Gasteiger partial charge on any atom is -0.465 e. The molecule has 2 aromatic carbocycles. The molecule has 1 radical (unpaired) electrons. The topological polar surface area (TPSA) is 9.23 Å². The SMILES string of the molecule is C=COc1cccc2[c]cccc12. The maximum absolute atomic E-state index is 5.26. The number of ether oxygens (including phenoxy) is 1. The molecule has 0 fully saturated rings. The second kappa shape index (κ2) is 3.31. The van der Waals surface area contributed by atoms with E-state index in [1.807, 2.05) is 36.4 Å². The van der Waals surface area contributed by atoms with Gasteiger partial charge in [0, 0.05) is 5.39 Å². The summed E-state index contributed by atoms with van der Waals surface area (Å²) < 4.78 is 5.26. The standard InChI is InChI=1S/C12H9O/c1-2-13-12-9-5-7-10-6-3-4-8-11(10)12/h2-5,7-9H,1H2. The zero-order valence-corrected chi connectivity index (χ0v) is 7.16. The molecule has 0 atom stereocenters. The third-order valence-corrected chi connectivity index (χ3v) is 1.87. The van der Waals surface area contributed by atoms with Gasteiger partial charge in [-0.3, -0.25) is 0 Å². The number of hydrogen-bond acceptors (Lipinski definition) is 1. The van der Waals surface area contributed by atoms with Gasteiger partial charge >= 0.3 is 0 Å². The molecular weight excluding hydrogens is 160 g/mol. The third-order valence-electron chi connectivity index (χ3n) is 1.87. The number of rotatable bonds is 2. The molecule has 0 aliphatic carbocycles. The van der Waals surface area contributed by atoms with Crippen LogP contribution in [0.1, 0.15) is 0 Å². The monoisotopic (exact) mass is 169 g/mol. The summed E-state index contributed by atoms with van der Waals surface area (Å²) in [5.41, 5.74) is 0. The van der Waals surface area contributed by atoms with Gasteiger partial charge < -0.3 is 4.74 Å². The van der Waals surface area contributed by atoms with E-state index in [4.69, 9.17) is 4.74 Å². The Morgan fingerprint density at radius 3 is 3.00 bits per heavy atom. The first-order valence-electron chi connectivity index (χ1n) is 4.09. The van der Waals surface area contributed by atoms with Crippen molar-refractivity contribution in [2.45, 2.75) is 0 Å². The van der Waals surface area contributed by atoms with Crippen LogP contribution in [0.5, 0.6) is 5.75 Å². The second-order valence-electron chi connectivity index (χ2n) is 2.67. The van der Waals surface area contributed by atoms with Gasteiger partial charge in [0.25, 0.3) is 0 Å². The summed E-state index contributed by atoms with van der Waals surface area (Å²) in [7, 11) is 0. The van der Waals surface area contributed by atoms with Gasteiger partial charge in [-0.1, -0.05) is 36.9 Å². The molecule has 63 valence electrons. The zero-order valence-electron chi connectivity index (χ0n) is 7.16. The average Bonchev–Trinajstić information content (AvgIpc) is 2.19. The Hall–Kier alpha value is -1.76. The molecular formula is C12H9O. The van der Waals surface area contributed by atoms with Gasteiger partial charge in [0.15, 0.2) is 0 Å². The highest BCUT2D eigenvalue weighted by atomic mass is 16.5. The van der Waals surface area contributed by atoms with Crippen molar-refractivity contribution in [3.8, 4) is 5.75 Å². The van der Waals surface area contributed by atoms with Crippen LogP contribution in [0.15, 0.2) is 49.2 Å². The molecule has 0 saturated carbocycles. The zero-order chi connectivity index (χ0) is 9.10. The van der Waals surface area contributed by atoms with E-state index in [9.17, 15) is 0 Å². The quantitative estimate of drug-likeness (QED) is 0.627. The van der Waals surface area contributed by atoms with Gasteiger partial charge in [0.2, 0.25) is 0 Å². The van der Waals surface area contributed by atoms with Crippen LogP contribution in [-0.2, 0) is 0 Å². The highest BCUT2D eigenvalue weighted by molar-refractivity contribution is 5.87. The summed E-state index contributed by atoms with van der Waals surface area (Å²) in [5.74, 6) is 0.823. The third kappa shape index (κ3) is 1.41. The van der Waals surface area contributed by atoms with Crippen molar-refractivity contribution in [1.82, 2.24) is 0 Å². The van der Waals surface area contributed by atoms with Crippen LogP contribution in [0, 0.1) is 6.07 Å². The van der Waals surface area contributed by atoms with Crippen molar-refractivity contribution < 1.29 is 4.74 Å². The van der Waals surface area contributed by atoms with E-state index in [1.54, 1.807) is 0 Å². The Balaban J connectivity index is 2.68. The predicted molar refractivity (Wildman–Crippen MR) is 53.6 cm³/mol. The maximum Gasteiger partial charge on any atom is 0.134 e. The molecule has 0 saturated heterocycles. The molecule has 0 amide bonds. The Kier molecular flexibility index (Phi) is 2.01. The molecule has 0 unspecified atom stereocenters. The Labute approximate surface area is 77.3 Å². The van der Waals surface area contributed by atoms with E-state index in [1.165, 1.54) is 6.26 Å². The minimum atomic E-state index is 0.823. The first kappa shape index (κ1) is 7.87. The van der Waals surface area contributed by atoms with Crippen LogP contribution in [0.25, 0.3) is 10.8 Å². The van der Waals surface area contributed by atoms with E-state index in [0.29, 0.717) is 0 Å². The van der Waals surface area contributed by atoms with Crippen molar-refractivity contribution in [3.63, 3.8) is 0 Å². The largest absolute Gasteiger partial charge is 0.465 e. The average molecular weight is 169 g/mol. The molecule has 0 N–H and O–H groups in total. The summed E-state index contributed by atoms with van der Waals surface area (Å²) in [6.45, 7) is 3.53. The first-order chi connectivity index (χ1) is 6.42. The predicted octanol–water partition coefficient (Wildman–Crippen LogP) is 3.16. The fourth-order valence-corrected chi connectivity index (χ4v) is 1.32. The highest BCUT2D eigenvalue weighted by Crippen LogP contribution is 2.24. The number of benzene rings is 2. The van der Waals surface area contributed by atoms with Crippen LogP contribution < -0.4 is 4.74 Å². The summed E-state index contributed by atoms with van der Waals surface area (Å²) in [6, 6.07) is 14.8. The molecule has 0 spiro atoms. The lowest BCUT2D eigenvalue weighted by Crippen LogP contribution is -1.82. The van der Waals surface area contributed by atoms with Crippen LogP contribution in [0.3, 0.4) is 0 Å². The maximum atomic E-state index is 5.26. The second-order valence-corrected chi connectivity index (χ2v) is 2.67. The molecule has 2 aromatic rings. The van der Waals surface area contributed by atoms with Gasteiger partial charge in [-0.25, -0.2) is 0 Å². The van der Waals surface area contributed by atoms with Crippen LogP contribution in [0.2, 0.25) is 0 Å². The van der Waals surface area contributed by atoms with E-state index >= 15 is 0 Å². The summed E-state index contributed by atoms with van der Waals surface area (Å²) in [5, 5.41) is 2.12. The minimum absolute atomic E-state index is 0.823.